The van der Waals surface area contributed by atoms with Gasteiger partial charge >= 0.3 is 0 Å². The minimum Gasteiger partial charge on any atom is -0.308 e. The van der Waals surface area contributed by atoms with E-state index in [4.69, 9.17) is 0 Å². The summed E-state index contributed by atoms with van der Waals surface area (Å²) in [6, 6.07) is 13.8. The maximum atomic E-state index is 9.39. The Hall–Kier alpha value is -3.33. The highest BCUT2D eigenvalue weighted by Crippen LogP contribution is 2.23. The molecule has 0 aliphatic heterocycles. The lowest BCUT2D eigenvalue weighted by Gasteiger charge is -2.08. The first-order valence-electron chi connectivity index (χ1n) is 7.07. The van der Waals surface area contributed by atoms with Crippen molar-refractivity contribution in [2.45, 2.75) is 13.8 Å². The molecule has 0 aliphatic rings. The molecular formula is C17H14N6. The van der Waals surface area contributed by atoms with Crippen LogP contribution in [0.4, 0.5) is 11.8 Å². The first-order valence-corrected chi connectivity index (χ1v) is 7.07. The van der Waals surface area contributed by atoms with Crippen molar-refractivity contribution >= 4 is 11.8 Å². The van der Waals surface area contributed by atoms with Gasteiger partial charge in [0, 0.05) is 11.8 Å². The maximum absolute atomic E-state index is 9.39. The smallest absolute Gasteiger partial charge is 0.231 e. The third-order valence-corrected chi connectivity index (χ3v) is 3.20. The van der Waals surface area contributed by atoms with E-state index >= 15 is 0 Å². The molecule has 0 amide bonds. The average Bonchev–Trinajstić information content (AvgIpc) is 2.55. The number of benzene rings is 1. The van der Waals surface area contributed by atoms with Crippen LogP contribution in [-0.4, -0.2) is 19.9 Å². The van der Waals surface area contributed by atoms with Crippen molar-refractivity contribution in [1.82, 2.24) is 19.9 Å². The summed E-state index contributed by atoms with van der Waals surface area (Å²) in [4.78, 5) is 16.9. The van der Waals surface area contributed by atoms with Gasteiger partial charge in [-0.1, -0.05) is 30.3 Å². The number of aromatic nitrogens is 4. The Balaban J connectivity index is 1.96. The van der Waals surface area contributed by atoms with Gasteiger partial charge in [0.05, 0.1) is 5.56 Å². The van der Waals surface area contributed by atoms with E-state index in [-0.39, 0.29) is 0 Å². The number of anilines is 2. The highest BCUT2D eigenvalue weighted by molar-refractivity contribution is 5.69. The van der Waals surface area contributed by atoms with Crippen LogP contribution >= 0.6 is 0 Å². The average molecular weight is 302 g/mol. The fourth-order valence-electron chi connectivity index (χ4n) is 2.22. The molecule has 2 aromatic heterocycles. The van der Waals surface area contributed by atoms with Gasteiger partial charge in [-0.25, -0.2) is 9.97 Å². The summed E-state index contributed by atoms with van der Waals surface area (Å²) in [5.74, 6) is 2.03. The molecule has 112 valence electrons. The molecule has 6 nitrogen and oxygen atoms in total. The molecule has 0 fully saturated rings. The molecule has 2 heterocycles. The first kappa shape index (κ1) is 14.6. The SMILES string of the molecule is Cc1nc(C)nc(Nc2ncc(-c3ccccc3)cc2C#N)n1. The molecule has 0 radical (unpaired) electrons. The number of hydrogen-bond donors (Lipinski definition) is 1. The molecule has 3 rings (SSSR count). The standard InChI is InChI=1S/C17H14N6/c1-11-20-12(2)22-17(21-11)23-16-14(9-18)8-15(10-19-16)13-6-4-3-5-7-13/h3-8,10H,1-2H3,(H,19,20,21,22,23). The second kappa shape index (κ2) is 6.20. The molecule has 0 aliphatic carbocycles. The zero-order valence-corrected chi connectivity index (χ0v) is 12.8. The molecular weight excluding hydrogens is 288 g/mol. The Morgan fingerprint density at radius 2 is 1.65 bits per heavy atom. The summed E-state index contributed by atoms with van der Waals surface area (Å²) >= 11 is 0. The molecule has 6 heteroatoms. The van der Waals surface area contributed by atoms with Gasteiger partial charge in [-0.2, -0.15) is 15.2 Å². The fraction of sp³-hybridized carbons (Fsp3) is 0.118. The third kappa shape index (κ3) is 3.30. The van der Waals surface area contributed by atoms with Crippen LogP contribution in [0.2, 0.25) is 0 Å². The number of pyridine rings is 1. The highest BCUT2D eigenvalue weighted by atomic mass is 15.2. The van der Waals surface area contributed by atoms with Gasteiger partial charge in [-0.05, 0) is 25.5 Å². The van der Waals surface area contributed by atoms with Gasteiger partial charge in [-0.3, -0.25) is 0 Å². The van der Waals surface area contributed by atoms with Gasteiger partial charge in [0.25, 0.3) is 0 Å². The number of hydrogen-bond acceptors (Lipinski definition) is 6. The highest BCUT2D eigenvalue weighted by Gasteiger charge is 2.09. The zero-order valence-electron chi connectivity index (χ0n) is 12.8. The maximum Gasteiger partial charge on any atom is 0.231 e. The van der Waals surface area contributed by atoms with Crippen molar-refractivity contribution < 1.29 is 0 Å². The van der Waals surface area contributed by atoms with Crippen LogP contribution in [0.15, 0.2) is 42.6 Å². The summed E-state index contributed by atoms with van der Waals surface area (Å²) < 4.78 is 0. The summed E-state index contributed by atoms with van der Waals surface area (Å²) in [6.07, 6.45) is 1.72. The topological polar surface area (TPSA) is 87.4 Å². The van der Waals surface area contributed by atoms with Crippen LogP contribution in [0.3, 0.4) is 0 Å². The normalized spacial score (nSPS) is 10.1. The van der Waals surface area contributed by atoms with E-state index in [1.807, 2.05) is 30.3 Å². The van der Waals surface area contributed by atoms with E-state index in [0.29, 0.717) is 29.0 Å². The largest absolute Gasteiger partial charge is 0.308 e. The molecule has 0 saturated carbocycles. The second-order valence-corrected chi connectivity index (χ2v) is 4.98. The molecule has 0 atom stereocenters. The van der Waals surface area contributed by atoms with E-state index in [0.717, 1.165) is 11.1 Å². The number of nitriles is 1. The van der Waals surface area contributed by atoms with Crippen LogP contribution < -0.4 is 5.32 Å². The van der Waals surface area contributed by atoms with Crippen LogP contribution in [0.1, 0.15) is 17.2 Å². The van der Waals surface area contributed by atoms with Gasteiger partial charge in [0.1, 0.15) is 17.7 Å². The van der Waals surface area contributed by atoms with E-state index in [1.54, 1.807) is 26.1 Å². The Labute approximate surface area is 133 Å². The van der Waals surface area contributed by atoms with Gasteiger partial charge in [0.15, 0.2) is 5.82 Å². The fourth-order valence-corrected chi connectivity index (χ4v) is 2.22. The van der Waals surface area contributed by atoms with Crippen LogP contribution in [0.25, 0.3) is 11.1 Å². The monoisotopic (exact) mass is 302 g/mol. The van der Waals surface area contributed by atoms with Crippen molar-refractivity contribution in [1.29, 1.82) is 5.26 Å². The lowest BCUT2D eigenvalue weighted by atomic mass is 10.1. The zero-order chi connectivity index (χ0) is 16.2. The predicted molar refractivity (Wildman–Crippen MR) is 87.0 cm³/mol. The third-order valence-electron chi connectivity index (χ3n) is 3.20. The van der Waals surface area contributed by atoms with Crippen LogP contribution in [-0.2, 0) is 0 Å². The minimum absolute atomic E-state index is 0.381. The van der Waals surface area contributed by atoms with Gasteiger partial charge in [-0.15, -0.1) is 0 Å². The molecule has 0 bridgehead atoms. The molecule has 1 N–H and O–H groups in total. The van der Waals surface area contributed by atoms with Gasteiger partial charge in [0.2, 0.25) is 5.95 Å². The Morgan fingerprint density at radius 1 is 0.957 bits per heavy atom. The number of nitrogens with one attached hydrogen (secondary N) is 1. The summed E-state index contributed by atoms with van der Waals surface area (Å²) in [5.41, 5.74) is 2.33. The van der Waals surface area contributed by atoms with Crippen molar-refractivity contribution in [3.63, 3.8) is 0 Å². The van der Waals surface area contributed by atoms with Crippen molar-refractivity contribution in [2.24, 2.45) is 0 Å². The Kier molecular flexibility index (Phi) is 3.93. The van der Waals surface area contributed by atoms with Crippen LogP contribution in [0, 0.1) is 25.2 Å². The van der Waals surface area contributed by atoms with Crippen molar-refractivity contribution in [3.8, 4) is 17.2 Å². The number of nitrogens with zero attached hydrogens (tertiary/aromatic N) is 5. The molecule has 0 saturated heterocycles. The molecule has 1 aromatic carbocycles. The second-order valence-electron chi connectivity index (χ2n) is 4.98. The molecule has 0 unspecified atom stereocenters. The lowest BCUT2D eigenvalue weighted by Crippen LogP contribution is -2.05. The summed E-state index contributed by atoms with van der Waals surface area (Å²) in [7, 11) is 0. The van der Waals surface area contributed by atoms with E-state index in [1.165, 1.54) is 0 Å². The van der Waals surface area contributed by atoms with Gasteiger partial charge < -0.3 is 5.32 Å². The van der Waals surface area contributed by atoms with E-state index in [9.17, 15) is 5.26 Å². The Morgan fingerprint density at radius 3 is 2.30 bits per heavy atom. The van der Waals surface area contributed by atoms with Crippen molar-refractivity contribution in [3.05, 3.63) is 59.8 Å². The lowest BCUT2D eigenvalue weighted by molar-refractivity contribution is 0.926. The van der Waals surface area contributed by atoms with E-state index < -0.39 is 0 Å². The first-order chi connectivity index (χ1) is 11.2. The summed E-state index contributed by atoms with van der Waals surface area (Å²) in [6.45, 7) is 3.58. The van der Waals surface area contributed by atoms with E-state index in [2.05, 4.69) is 31.3 Å². The quantitative estimate of drug-likeness (QED) is 0.799. The predicted octanol–water partition coefficient (Wildman–Crippen LogP) is 3.17. The molecule has 0 spiro atoms. The number of rotatable bonds is 3. The minimum atomic E-state index is 0.381. The molecule has 3 aromatic rings. The van der Waals surface area contributed by atoms with Crippen molar-refractivity contribution in [2.75, 3.05) is 5.32 Å². The Bertz CT molecular complexity index is 863. The summed E-state index contributed by atoms with van der Waals surface area (Å²) in [5, 5.41) is 12.4. The molecule has 23 heavy (non-hydrogen) atoms. The van der Waals surface area contributed by atoms with Crippen LogP contribution in [0.5, 0.6) is 0 Å². The number of aryl methyl sites for hydroxylation is 2.